The first-order chi connectivity index (χ1) is 6.21. The molecule has 0 amide bonds. The first-order valence-corrected chi connectivity index (χ1v) is 4.72. The van der Waals surface area contributed by atoms with Gasteiger partial charge in [-0.1, -0.05) is 0 Å². The number of nitrogens with zero attached hydrogens (tertiary/aromatic N) is 1. The smallest absolute Gasteiger partial charge is 0.123 e. The lowest BCUT2D eigenvalue weighted by molar-refractivity contribution is 0.622. The molecule has 1 heterocycles. The van der Waals surface area contributed by atoms with E-state index in [0.29, 0.717) is 5.41 Å². The van der Waals surface area contributed by atoms with Crippen molar-refractivity contribution in [2.24, 2.45) is 0 Å². The van der Waals surface area contributed by atoms with Crippen LogP contribution in [-0.2, 0) is 5.41 Å². The van der Waals surface area contributed by atoms with Gasteiger partial charge in [-0.05, 0) is 36.6 Å². The lowest BCUT2D eigenvalue weighted by atomic mass is 9.99. The second kappa shape index (κ2) is 2.06. The van der Waals surface area contributed by atoms with Crippen molar-refractivity contribution in [1.82, 2.24) is 0 Å². The fourth-order valence-corrected chi connectivity index (χ4v) is 2.47. The van der Waals surface area contributed by atoms with E-state index >= 15 is 0 Å². The quantitative estimate of drug-likeness (QED) is 0.587. The second-order valence-corrected chi connectivity index (χ2v) is 4.30. The van der Waals surface area contributed by atoms with E-state index in [1.165, 1.54) is 24.1 Å². The lowest BCUT2D eigenvalue weighted by Crippen LogP contribution is -2.18. The molecule has 1 aliphatic carbocycles. The Morgan fingerprint density at radius 3 is 2.85 bits per heavy atom. The summed E-state index contributed by atoms with van der Waals surface area (Å²) in [6.07, 6.45) is 2.46. The van der Waals surface area contributed by atoms with Crippen LogP contribution in [0.1, 0.15) is 18.4 Å². The number of halogens is 1. The topological polar surface area (TPSA) is 3.24 Å². The Balaban J connectivity index is 2.20. The molecule has 2 aliphatic rings. The summed E-state index contributed by atoms with van der Waals surface area (Å²) in [5.41, 5.74) is 2.78. The van der Waals surface area contributed by atoms with Gasteiger partial charge in [0.15, 0.2) is 0 Å². The summed E-state index contributed by atoms with van der Waals surface area (Å²) in [6, 6.07) is 5.17. The summed E-state index contributed by atoms with van der Waals surface area (Å²) in [4.78, 5) is 2.24. The van der Waals surface area contributed by atoms with E-state index < -0.39 is 0 Å². The summed E-state index contributed by atoms with van der Waals surface area (Å²) >= 11 is 0. The average Bonchev–Trinajstić information content (AvgIpc) is 2.79. The normalized spacial score (nSPS) is 22.2. The van der Waals surface area contributed by atoms with Gasteiger partial charge < -0.3 is 4.90 Å². The molecule has 1 fully saturated rings. The van der Waals surface area contributed by atoms with E-state index in [9.17, 15) is 4.39 Å². The summed E-state index contributed by atoms with van der Waals surface area (Å²) in [7, 11) is 2.09. The first-order valence-electron chi connectivity index (χ1n) is 4.72. The van der Waals surface area contributed by atoms with E-state index in [0.717, 1.165) is 6.54 Å². The number of hydrogen-bond donors (Lipinski definition) is 0. The molecule has 0 atom stereocenters. The number of rotatable bonds is 0. The van der Waals surface area contributed by atoms with Crippen molar-refractivity contribution in [3.63, 3.8) is 0 Å². The van der Waals surface area contributed by atoms with Gasteiger partial charge >= 0.3 is 0 Å². The molecule has 1 saturated carbocycles. The van der Waals surface area contributed by atoms with Gasteiger partial charge in [-0.25, -0.2) is 4.39 Å². The zero-order valence-corrected chi connectivity index (χ0v) is 7.68. The molecule has 1 aromatic carbocycles. The Labute approximate surface area is 77.2 Å². The molecular formula is C11H12FN. The number of hydrogen-bond acceptors (Lipinski definition) is 1. The van der Waals surface area contributed by atoms with Crippen LogP contribution < -0.4 is 4.90 Å². The second-order valence-electron chi connectivity index (χ2n) is 4.30. The summed E-state index contributed by atoms with van der Waals surface area (Å²) in [6.45, 7) is 1.08. The van der Waals surface area contributed by atoms with Gasteiger partial charge in [0.1, 0.15) is 5.82 Å². The fourth-order valence-electron chi connectivity index (χ4n) is 2.47. The zero-order chi connectivity index (χ0) is 9.05. The van der Waals surface area contributed by atoms with Crippen molar-refractivity contribution in [3.8, 4) is 0 Å². The number of benzene rings is 1. The highest BCUT2D eigenvalue weighted by atomic mass is 19.1. The molecule has 0 aromatic heterocycles. The highest BCUT2D eigenvalue weighted by molar-refractivity contribution is 5.64. The van der Waals surface area contributed by atoms with Crippen LogP contribution in [0.25, 0.3) is 0 Å². The van der Waals surface area contributed by atoms with Crippen LogP contribution >= 0.6 is 0 Å². The van der Waals surface area contributed by atoms with Gasteiger partial charge in [-0.3, -0.25) is 0 Å². The molecule has 1 spiro atoms. The van der Waals surface area contributed by atoms with Crippen LogP contribution in [0.15, 0.2) is 18.2 Å². The number of fused-ring (bicyclic) bond motifs is 2. The predicted molar refractivity (Wildman–Crippen MR) is 50.6 cm³/mol. The van der Waals surface area contributed by atoms with Gasteiger partial charge in [-0.15, -0.1) is 0 Å². The van der Waals surface area contributed by atoms with Gasteiger partial charge in [0, 0.05) is 24.7 Å². The third kappa shape index (κ3) is 0.859. The zero-order valence-electron chi connectivity index (χ0n) is 7.68. The summed E-state index contributed by atoms with van der Waals surface area (Å²) < 4.78 is 13.0. The van der Waals surface area contributed by atoms with Crippen LogP contribution in [0.4, 0.5) is 10.1 Å². The standard InChI is InChI=1S/C11H12FN/c1-13-7-11(4-5-11)9-6-8(12)2-3-10(9)13/h2-3,6H,4-5,7H2,1H3. The Hall–Kier alpha value is -1.05. The summed E-state index contributed by atoms with van der Waals surface area (Å²) in [5, 5.41) is 0. The minimum Gasteiger partial charge on any atom is -0.373 e. The molecule has 0 saturated heterocycles. The SMILES string of the molecule is CN1CC2(CC2)c2cc(F)ccc21. The van der Waals surface area contributed by atoms with Gasteiger partial charge in [0.2, 0.25) is 0 Å². The number of likely N-dealkylation sites (N-methyl/N-ethyl adjacent to an activating group) is 1. The van der Waals surface area contributed by atoms with Crippen molar-refractivity contribution >= 4 is 5.69 Å². The van der Waals surface area contributed by atoms with Crippen LogP contribution in [0.2, 0.25) is 0 Å². The molecule has 3 rings (SSSR count). The molecule has 1 aliphatic heterocycles. The van der Waals surface area contributed by atoms with Crippen LogP contribution in [0, 0.1) is 5.82 Å². The maximum absolute atomic E-state index is 13.0. The van der Waals surface area contributed by atoms with E-state index in [1.54, 1.807) is 12.1 Å². The Kier molecular flexibility index (Phi) is 1.17. The van der Waals surface area contributed by atoms with Gasteiger partial charge in [0.25, 0.3) is 0 Å². The minimum absolute atomic E-state index is 0.0969. The third-order valence-electron chi connectivity index (χ3n) is 3.33. The molecule has 0 bridgehead atoms. The largest absolute Gasteiger partial charge is 0.373 e. The van der Waals surface area contributed by atoms with Crippen molar-refractivity contribution in [2.75, 3.05) is 18.5 Å². The Morgan fingerprint density at radius 2 is 2.15 bits per heavy atom. The molecule has 68 valence electrons. The van der Waals surface area contributed by atoms with E-state index in [1.807, 2.05) is 6.07 Å². The van der Waals surface area contributed by atoms with Crippen LogP contribution in [-0.4, -0.2) is 13.6 Å². The molecular weight excluding hydrogens is 165 g/mol. The molecule has 1 nitrogen and oxygen atoms in total. The molecule has 1 aromatic rings. The highest BCUT2D eigenvalue weighted by Crippen LogP contribution is 2.55. The van der Waals surface area contributed by atoms with Gasteiger partial charge in [-0.2, -0.15) is 0 Å². The van der Waals surface area contributed by atoms with E-state index in [2.05, 4.69) is 11.9 Å². The lowest BCUT2D eigenvalue weighted by Gasteiger charge is -2.11. The van der Waals surface area contributed by atoms with Crippen molar-refractivity contribution in [2.45, 2.75) is 18.3 Å². The third-order valence-corrected chi connectivity index (χ3v) is 3.33. The molecule has 0 radical (unpaired) electrons. The molecule has 0 N–H and O–H groups in total. The highest BCUT2D eigenvalue weighted by Gasteiger charge is 2.50. The average molecular weight is 177 g/mol. The molecule has 2 heteroatoms. The van der Waals surface area contributed by atoms with Crippen LogP contribution in [0.3, 0.4) is 0 Å². The van der Waals surface area contributed by atoms with E-state index in [4.69, 9.17) is 0 Å². The maximum Gasteiger partial charge on any atom is 0.123 e. The molecule has 0 unspecified atom stereocenters. The predicted octanol–water partition coefficient (Wildman–Crippen LogP) is 2.31. The number of anilines is 1. The Bertz CT molecular complexity index is 368. The summed E-state index contributed by atoms with van der Waals surface area (Å²) in [5.74, 6) is -0.0969. The minimum atomic E-state index is -0.0969. The fraction of sp³-hybridized carbons (Fsp3) is 0.455. The van der Waals surface area contributed by atoms with Crippen LogP contribution in [0.5, 0.6) is 0 Å². The first kappa shape index (κ1) is 7.36. The van der Waals surface area contributed by atoms with Gasteiger partial charge in [0.05, 0.1) is 0 Å². The monoisotopic (exact) mass is 177 g/mol. The molecule has 13 heavy (non-hydrogen) atoms. The van der Waals surface area contributed by atoms with Crippen molar-refractivity contribution in [1.29, 1.82) is 0 Å². The van der Waals surface area contributed by atoms with Crippen molar-refractivity contribution in [3.05, 3.63) is 29.6 Å². The van der Waals surface area contributed by atoms with Crippen molar-refractivity contribution < 1.29 is 4.39 Å². The Morgan fingerprint density at radius 1 is 1.38 bits per heavy atom. The van der Waals surface area contributed by atoms with E-state index in [-0.39, 0.29) is 5.82 Å². The maximum atomic E-state index is 13.0.